The highest BCUT2D eigenvalue weighted by Crippen LogP contribution is 2.19. The summed E-state index contributed by atoms with van der Waals surface area (Å²) in [4.78, 5) is 23.3. The van der Waals surface area contributed by atoms with Crippen molar-refractivity contribution in [2.45, 2.75) is 20.3 Å². The topological polar surface area (TPSA) is 79.8 Å². The zero-order valence-corrected chi connectivity index (χ0v) is 14.1. The highest BCUT2D eigenvalue weighted by atomic mass is 16.6. The molecule has 1 aliphatic rings. The van der Waals surface area contributed by atoms with E-state index in [0.29, 0.717) is 17.9 Å². The van der Waals surface area contributed by atoms with Gasteiger partial charge in [0.1, 0.15) is 5.75 Å². The zero-order chi connectivity index (χ0) is 17.8. The number of anilines is 1. The van der Waals surface area contributed by atoms with Crippen LogP contribution in [0.15, 0.2) is 53.6 Å². The molecular weight excluding hydrogens is 318 g/mol. The van der Waals surface area contributed by atoms with Crippen molar-refractivity contribution >= 4 is 23.4 Å². The average Bonchev–Trinajstić information content (AvgIpc) is 2.56. The van der Waals surface area contributed by atoms with Crippen LogP contribution in [0, 0.1) is 12.8 Å². The van der Waals surface area contributed by atoms with Gasteiger partial charge in [0.25, 0.3) is 0 Å². The van der Waals surface area contributed by atoms with Gasteiger partial charge in [0.2, 0.25) is 5.91 Å². The van der Waals surface area contributed by atoms with E-state index >= 15 is 0 Å². The summed E-state index contributed by atoms with van der Waals surface area (Å²) in [6.07, 6.45) is -0.129. The first-order chi connectivity index (χ1) is 12.0. The minimum absolute atomic E-state index is 0.0545. The van der Waals surface area contributed by atoms with Gasteiger partial charge in [0, 0.05) is 18.0 Å². The van der Waals surface area contributed by atoms with Crippen LogP contribution in [0.2, 0.25) is 0 Å². The van der Waals surface area contributed by atoms with Crippen LogP contribution >= 0.6 is 0 Å². The number of ether oxygens (including phenoxy) is 1. The molecule has 0 saturated carbocycles. The molecule has 0 aromatic heterocycles. The molecule has 0 fully saturated rings. The lowest BCUT2D eigenvalue weighted by molar-refractivity contribution is -0.121. The van der Waals surface area contributed by atoms with E-state index in [1.807, 2.05) is 38.1 Å². The summed E-state index contributed by atoms with van der Waals surface area (Å²) in [5, 5.41) is 6.81. The third-order valence-electron chi connectivity index (χ3n) is 3.89. The van der Waals surface area contributed by atoms with Gasteiger partial charge in [0.05, 0.1) is 5.71 Å². The van der Waals surface area contributed by atoms with Crippen molar-refractivity contribution in [2.75, 3.05) is 5.32 Å². The van der Waals surface area contributed by atoms with Gasteiger partial charge in [-0.2, -0.15) is 5.10 Å². The molecule has 0 bridgehead atoms. The number of nitrogens with one attached hydrogen (secondary N) is 2. The number of carbonyl (C=O) groups is 2. The van der Waals surface area contributed by atoms with Gasteiger partial charge in [-0.3, -0.25) is 10.1 Å². The maximum absolute atomic E-state index is 12.0. The second-order valence-electron chi connectivity index (χ2n) is 6.05. The summed E-state index contributed by atoms with van der Waals surface area (Å²) in [6, 6.07) is 14.5. The number of amides is 2. The molecule has 25 heavy (non-hydrogen) atoms. The van der Waals surface area contributed by atoms with Crippen LogP contribution in [0.25, 0.3) is 0 Å². The first-order valence-electron chi connectivity index (χ1n) is 8.03. The zero-order valence-electron chi connectivity index (χ0n) is 14.1. The van der Waals surface area contributed by atoms with Gasteiger partial charge in [-0.25, -0.2) is 10.2 Å². The molecule has 6 nitrogen and oxygen atoms in total. The van der Waals surface area contributed by atoms with Crippen molar-refractivity contribution in [1.82, 2.24) is 5.43 Å². The van der Waals surface area contributed by atoms with Gasteiger partial charge in [-0.15, -0.1) is 0 Å². The second-order valence-corrected chi connectivity index (χ2v) is 6.05. The van der Waals surface area contributed by atoms with Crippen LogP contribution in [-0.2, 0) is 4.79 Å². The standard InChI is InChI=1S/C19H19N3O3/c1-12-4-3-5-16(10-12)25-19(24)20-15-8-6-14(7-9-15)18-13(2)11-17(23)21-22-18/h3-10,13H,11H2,1-2H3,(H,20,24)(H,21,23). The van der Waals surface area contributed by atoms with E-state index in [4.69, 9.17) is 4.74 Å². The first kappa shape index (κ1) is 16.7. The maximum Gasteiger partial charge on any atom is 0.417 e. The van der Waals surface area contributed by atoms with E-state index in [-0.39, 0.29) is 11.8 Å². The van der Waals surface area contributed by atoms with Crippen LogP contribution in [0.3, 0.4) is 0 Å². The summed E-state index contributed by atoms with van der Waals surface area (Å²) < 4.78 is 5.25. The molecule has 0 aliphatic carbocycles. The Bertz CT molecular complexity index is 828. The van der Waals surface area contributed by atoms with E-state index in [0.717, 1.165) is 16.8 Å². The molecule has 0 spiro atoms. The SMILES string of the molecule is Cc1cccc(OC(=O)Nc2ccc(C3=NNC(=O)CC3C)cc2)c1. The van der Waals surface area contributed by atoms with Crippen LogP contribution in [0.1, 0.15) is 24.5 Å². The van der Waals surface area contributed by atoms with E-state index in [9.17, 15) is 9.59 Å². The largest absolute Gasteiger partial charge is 0.417 e. The molecule has 2 aromatic carbocycles. The highest BCUT2D eigenvalue weighted by molar-refractivity contribution is 6.06. The van der Waals surface area contributed by atoms with Crippen LogP contribution < -0.4 is 15.5 Å². The Morgan fingerprint density at radius 1 is 1.24 bits per heavy atom. The van der Waals surface area contributed by atoms with Crippen molar-refractivity contribution in [1.29, 1.82) is 0 Å². The fourth-order valence-electron chi connectivity index (χ4n) is 2.66. The van der Waals surface area contributed by atoms with Gasteiger partial charge >= 0.3 is 6.09 Å². The van der Waals surface area contributed by atoms with Crippen molar-refractivity contribution in [2.24, 2.45) is 11.0 Å². The van der Waals surface area contributed by atoms with Gasteiger partial charge in [-0.05, 0) is 42.3 Å². The molecule has 1 aliphatic heterocycles. The summed E-state index contributed by atoms with van der Waals surface area (Å²) in [5.74, 6) is 0.475. The molecule has 1 unspecified atom stereocenters. The first-order valence-corrected chi connectivity index (χ1v) is 8.03. The fourth-order valence-corrected chi connectivity index (χ4v) is 2.66. The molecule has 0 radical (unpaired) electrons. The number of hydrogen-bond donors (Lipinski definition) is 2. The Hall–Kier alpha value is -3.15. The fraction of sp³-hybridized carbons (Fsp3) is 0.211. The van der Waals surface area contributed by atoms with Crippen molar-refractivity contribution in [3.63, 3.8) is 0 Å². The number of hydrazone groups is 1. The number of benzene rings is 2. The summed E-state index contributed by atoms with van der Waals surface area (Å²) in [7, 11) is 0. The Kier molecular flexibility index (Phi) is 4.79. The highest BCUT2D eigenvalue weighted by Gasteiger charge is 2.21. The molecule has 128 valence electrons. The molecule has 0 saturated heterocycles. The third kappa shape index (κ3) is 4.23. The number of aryl methyl sites for hydroxylation is 1. The van der Waals surface area contributed by atoms with Gasteiger partial charge < -0.3 is 4.74 Å². The van der Waals surface area contributed by atoms with E-state index < -0.39 is 6.09 Å². The molecule has 2 N–H and O–H groups in total. The smallest absolute Gasteiger partial charge is 0.410 e. The number of carbonyl (C=O) groups excluding carboxylic acids is 2. The van der Waals surface area contributed by atoms with E-state index in [2.05, 4.69) is 15.8 Å². The predicted molar refractivity (Wildman–Crippen MR) is 95.7 cm³/mol. The van der Waals surface area contributed by atoms with E-state index in [1.54, 1.807) is 24.3 Å². The molecule has 2 aromatic rings. The molecule has 2 amide bonds. The lowest BCUT2D eigenvalue weighted by Crippen LogP contribution is -2.31. The Morgan fingerprint density at radius 2 is 2.00 bits per heavy atom. The van der Waals surface area contributed by atoms with E-state index in [1.165, 1.54) is 0 Å². The quantitative estimate of drug-likeness (QED) is 0.900. The summed E-state index contributed by atoms with van der Waals surface area (Å²) in [5.41, 5.74) is 5.87. The summed E-state index contributed by atoms with van der Waals surface area (Å²) in [6.45, 7) is 3.89. The van der Waals surface area contributed by atoms with Gasteiger partial charge in [0.15, 0.2) is 0 Å². The lowest BCUT2D eigenvalue weighted by atomic mass is 9.94. The Morgan fingerprint density at radius 3 is 2.68 bits per heavy atom. The lowest BCUT2D eigenvalue weighted by Gasteiger charge is -2.19. The molecule has 1 atom stereocenters. The monoisotopic (exact) mass is 337 g/mol. The van der Waals surface area contributed by atoms with Crippen molar-refractivity contribution in [3.05, 3.63) is 59.7 Å². The number of rotatable bonds is 3. The van der Waals surface area contributed by atoms with Crippen molar-refractivity contribution in [3.8, 4) is 5.75 Å². The predicted octanol–water partition coefficient (Wildman–Crippen LogP) is 3.47. The normalized spacial score (nSPS) is 16.6. The molecule has 3 rings (SSSR count). The third-order valence-corrected chi connectivity index (χ3v) is 3.89. The summed E-state index contributed by atoms with van der Waals surface area (Å²) >= 11 is 0. The minimum Gasteiger partial charge on any atom is -0.410 e. The second kappa shape index (κ2) is 7.17. The minimum atomic E-state index is -0.547. The Balaban J connectivity index is 1.64. The molecule has 6 heteroatoms. The average molecular weight is 337 g/mol. The van der Waals surface area contributed by atoms with Crippen LogP contribution in [0.5, 0.6) is 5.75 Å². The molecule has 1 heterocycles. The van der Waals surface area contributed by atoms with Crippen LogP contribution in [0.4, 0.5) is 10.5 Å². The molecular formula is C19H19N3O3. The maximum atomic E-state index is 12.0. The number of hydrogen-bond acceptors (Lipinski definition) is 4. The van der Waals surface area contributed by atoms with Crippen molar-refractivity contribution < 1.29 is 14.3 Å². The van der Waals surface area contributed by atoms with Gasteiger partial charge in [-0.1, -0.05) is 31.2 Å². The Labute approximate surface area is 145 Å². The van der Waals surface area contributed by atoms with Crippen LogP contribution in [-0.4, -0.2) is 17.7 Å². The number of nitrogens with zero attached hydrogens (tertiary/aromatic N) is 1.